The van der Waals surface area contributed by atoms with Gasteiger partial charge in [0.15, 0.2) is 0 Å². The molecule has 3 aromatic rings. The standard InChI is InChI=1S/C22H21N3O3/c1-16-5-2-7-18(13-16)24-22(27)25-19-8-3-6-17(14-19)15-23-21(26)11-10-20-9-4-12-28-20/h2-14H,15H2,1H3,(H,23,26)(H2,24,25,27)/b11-10+. The largest absolute Gasteiger partial charge is 0.465 e. The molecular formula is C22H21N3O3. The van der Waals surface area contributed by atoms with Crippen molar-refractivity contribution in [1.82, 2.24) is 5.32 Å². The molecule has 3 amide bonds. The summed E-state index contributed by atoms with van der Waals surface area (Å²) < 4.78 is 5.14. The van der Waals surface area contributed by atoms with E-state index < -0.39 is 0 Å². The van der Waals surface area contributed by atoms with Crippen LogP contribution in [0, 0.1) is 6.92 Å². The van der Waals surface area contributed by atoms with Crippen LogP contribution in [0.3, 0.4) is 0 Å². The highest BCUT2D eigenvalue weighted by molar-refractivity contribution is 5.99. The average molecular weight is 375 g/mol. The molecule has 0 spiro atoms. The minimum Gasteiger partial charge on any atom is -0.465 e. The Morgan fingerprint density at radius 3 is 2.43 bits per heavy atom. The molecular weight excluding hydrogens is 354 g/mol. The molecule has 6 nitrogen and oxygen atoms in total. The second-order valence-electron chi connectivity index (χ2n) is 6.22. The smallest absolute Gasteiger partial charge is 0.323 e. The molecule has 0 unspecified atom stereocenters. The zero-order valence-corrected chi connectivity index (χ0v) is 15.4. The summed E-state index contributed by atoms with van der Waals surface area (Å²) in [7, 11) is 0. The van der Waals surface area contributed by atoms with E-state index in [-0.39, 0.29) is 11.9 Å². The van der Waals surface area contributed by atoms with E-state index in [1.807, 2.05) is 49.4 Å². The summed E-state index contributed by atoms with van der Waals surface area (Å²) in [5, 5.41) is 8.38. The van der Waals surface area contributed by atoms with Crippen molar-refractivity contribution in [2.45, 2.75) is 13.5 Å². The quantitative estimate of drug-likeness (QED) is 0.552. The first kappa shape index (κ1) is 19.0. The van der Waals surface area contributed by atoms with Gasteiger partial charge in [0.05, 0.1) is 6.26 Å². The lowest BCUT2D eigenvalue weighted by atomic mass is 10.2. The number of benzene rings is 2. The highest BCUT2D eigenvalue weighted by Gasteiger charge is 2.04. The molecule has 3 N–H and O–H groups in total. The molecule has 0 saturated carbocycles. The third kappa shape index (κ3) is 5.88. The first-order valence-electron chi connectivity index (χ1n) is 8.81. The van der Waals surface area contributed by atoms with Crippen LogP contribution in [0.1, 0.15) is 16.9 Å². The van der Waals surface area contributed by atoms with Gasteiger partial charge in [-0.1, -0.05) is 24.3 Å². The van der Waals surface area contributed by atoms with Gasteiger partial charge in [-0.2, -0.15) is 0 Å². The predicted octanol–water partition coefficient (Wildman–Crippen LogP) is 4.56. The first-order chi connectivity index (χ1) is 13.6. The fourth-order valence-electron chi connectivity index (χ4n) is 2.57. The Kier molecular flexibility index (Phi) is 6.25. The fourth-order valence-corrected chi connectivity index (χ4v) is 2.57. The summed E-state index contributed by atoms with van der Waals surface area (Å²) >= 11 is 0. The van der Waals surface area contributed by atoms with Crippen LogP contribution in [0.5, 0.6) is 0 Å². The first-order valence-corrected chi connectivity index (χ1v) is 8.81. The SMILES string of the molecule is Cc1cccc(NC(=O)Nc2cccc(CNC(=O)/C=C/c3ccco3)c2)c1. The number of nitrogens with one attached hydrogen (secondary N) is 3. The summed E-state index contributed by atoms with van der Waals surface area (Å²) in [6.07, 6.45) is 4.56. The number of aryl methyl sites for hydroxylation is 1. The van der Waals surface area contributed by atoms with E-state index in [4.69, 9.17) is 4.42 Å². The molecule has 6 heteroatoms. The Morgan fingerprint density at radius 2 is 1.71 bits per heavy atom. The lowest BCUT2D eigenvalue weighted by Crippen LogP contribution is -2.21. The number of furan rings is 1. The number of anilines is 2. The van der Waals surface area contributed by atoms with Gasteiger partial charge in [-0.05, 0) is 60.5 Å². The molecule has 1 aromatic heterocycles. The zero-order chi connectivity index (χ0) is 19.8. The van der Waals surface area contributed by atoms with Gasteiger partial charge in [-0.25, -0.2) is 4.79 Å². The maximum atomic E-state index is 12.2. The Labute approximate surface area is 163 Å². The van der Waals surface area contributed by atoms with Gasteiger partial charge in [-0.15, -0.1) is 0 Å². The number of amides is 3. The maximum Gasteiger partial charge on any atom is 0.323 e. The van der Waals surface area contributed by atoms with Gasteiger partial charge in [-0.3, -0.25) is 4.79 Å². The summed E-state index contributed by atoms with van der Waals surface area (Å²) in [5.41, 5.74) is 3.30. The van der Waals surface area contributed by atoms with E-state index in [9.17, 15) is 9.59 Å². The van der Waals surface area contributed by atoms with Gasteiger partial charge in [0.25, 0.3) is 0 Å². The number of urea groups is 1. The molecule has 0 bridgehead atoms. The molecule has 0 saturated heterocycles. The molecule has 0 aliphatic rings. The maximum absolute atomic E-state index is 12.2. The Hall–Kier alpha value is -3.80. The summed E-state index contributed by atoms with van der Waals surface area (Å²) in [4.78, 5) is 24.0. The van der Waals surface area contributed by atoms with Crippen LogP contribution >= 0.6 is 0 Å². The van der Waals surface area contributed by atoms with Crippen LogP contribution in [0.4, 0.5) is 16.2 Å². The lowest BCUT2D eigenvalue weighted by molar-refractivity contribution is -0.116. The molecule has 0 fully saturated rings. The number of hydrogen-bond donors (Lipinski definition) is 3. The predicted molar refractivity (Wildman–Crippen MR) is 110 cm³/mol. The summed E-state index contributed by atoms with van der Waals surface area (Å²) in [6, 6.07) is 18.1. The normalized spacial score (nSPS) is 10.6. The molecule has 2 aromatic carbocycles. The van der Waals surface area contributed by atoms with Gasteiger partial charge in [0.1, 0.15) is 5.76 Å². The topological polar surface area (TPSA) is 83.4 Å². The molecule has 0 aliphatic heterocycles. The number of carbonyl (C=O) groups excluding carboxylic acids is 2. The zero-order valence-electron chi connectivity index (χ0n) is 15.4. The second-order valence-corrected chi connectivity index (χ2v) is 6.22. The van der Waals surface area contributed by atoms with Crippen molar-refractivity contribution in [3.63, 3.8) is 0 Å². The fraction of sp³-hybridized carbons (Fsp3) is 0.0909. The van der Waals surface area contributed by atoms with Crippen molar-refractivity contribution in [3.05, 3.63) is 89.9 Å². The van der Waals surface area contributed by atoms with E-state index in [2.05, 4.69) is 16.0 Å². The monoisotopic (exact) mass is 375 g/mol. The molecule has 142 valence electrons. The van der Waals surface area contributed by atoms with Crippen molar-refractivity contribution >= 4 is 29.4 Å². The second kappa shape index (κ2) is 9.23. The average Bonchev–Trinajstić information content (AvgIpc) is 3.18. The molecule has 28 heavy (non-hydrogen) atoms. The van der Waals surface area contributed by atoms with E-state index in [1.165, 1.54) is 6.08 Å². The highest BCUT2D eigenvalue weighted by Crippen LogP contribution is 2.13. The third-order valence-electron chi connectivity index (χ3n) is 3.87. The summed E-state index contributed by atoms with van der Waals surface area (Å²) in [5.74, 6) is 0.382. The van der Waals surface area contributed by atoms with Crippen molar-refractivity contribution in [1.29, 1.82) is 0 Å². The molecule has 1 heterocycles. The summed E-state index contributed by atoms with van der Waals surface area (Å²) in [6.45, 7) is 2.31. The Bertz CT molecular complexity index is 978. The van der Waals surface area contributed by atoms with Crippen LogP contribution in [0.2, 0.25) is 0 Å². The van der Waals surface area contributed by atoms with E-state index in [0.29, 0.717) is 18.0 Å². The van der Waals surface area contributed by atoms with Crippen LogP contribution in [-0.4, -0.2) is 11.9 Å². The van der Waals surface area contributed by atoms with E-state index >= 15 is 0 Å². The molecule has 3 rings (SSSR count). The van der Waals surface area contributed by atoms with Crippen molar-refractivity contribution in [2.24, 2.45) is 0 Å². The van der Waals surface area contributed by atoms with E-state index in [0.717, 1.165) is 16.8 Å². The van der Waals surface area contributed by atoms with Crippen LogP contribution in [-0.2, 0) is 11.3 Å². The lowest BCUT2D eigenvalue weighted by Gasteiger charge is -2.10. The highest BCUT2D eigenvalue weighted by atomic mass is 16.3. The van der Waals surface area contributed by atoms with Crippen LogP contribution in [0.25, 0.3) is 6.08 Å². The van der Waals surface area contributed by atoms with Crippen LogP contribution < -0.4 is 16.0 Å². The number of hydrogen-bond acceptors (Lipinski definition) is 3. The van der Waals surface area contributed by atoms with Gasteiger partial charge >= 0.3 is 6.03 Å². The number of carbonyl (C=O) groups is 2. The van der Waals surface area contributed by atoms with Gasteiger partial charge in [0.2, 0.25) is 5.91 Å². The van der Waals surface area contributed by atoms with Crippen molar-refractivity contribution < 1.29 is 14.0 Å². The molecule has 0 aliphatic carbocycles. The minimum atomic E-state index is -0.326. The minimum absolute atomic E-state index is 0.230. The number of rotatable bonds is 6. The van der Waals surface area contributed by atoms with Gasteiger partial charge < -0.3 is 20.4 Å². The molecule has 0 atom stereocenters. The van der Waals surface area contributed by atoms with E-state index in [1.54, 1.807) is 30.5 Å². The van der Waals surface area contributed by atoms with Crippen LogP contribution in [0.15, 0.2) is 77.4 Å². The Balaban J connectivity index is 1.52. The van der Waals surface area contributed by atoms with Crippen molar-refractivity contribution in [2.75, 3.05) is 10.6 Å². The third-order valence-corrected chi connectivity index (χ3v) is 3.87. The Morgan fingerprint density at radius 1 is 0.964 bits per heavy atom. The van der Waals surface area contributed by atoms with Gasteiger partial charge in [0, 0.05) is 24.0 Å². The van der Waals surface area contributed by atoms with Crippen molar-refractivity contribution in [3.8, 4) is 0 Å². The molecule has 0 radical (unpaired) electrons.